The summed E-state index contributed by atoms with van der Waals surface area (Å²) in [5.41, 5.74) is 2.15. The smallest absolute Gasteiger partial charge is 0.239 e. The number of hydrogen-bond donors (Lipinski definition) is 1. The van der Waals surface area contributed by atoms with Gasteiger partial charge in [-0.15, -0.1) is 0 Å². The van der Waals surface area contributed by atoms with Gasteiger partial charge in [0.1, 0.15) is 6.54 Å². The quantitative estimate of drug-likeness (QED) is 0.616. The third-order valence-electron chi connectivity index (χ3n) is 5.41. The van der Waals surface area contributed by atoms with E-state index in [4.69, 9.17) is 0 Å². The van der Waals surface area contributed by atoms with Crippen LogP contribution in [0.25, 0.3) is 10.9 Å². The number of aromatic nitrogens is 3. The van der Waals surface area contributed by atoms with Crippen molar-refractivity contribution in [3.63, 3.8) is 0 Å². The van der Waals surface area contributed by atoms with Crippen molar-refractivity contribution in [1.29, 1.82) is 0 Å². The zero-order chi connectivity index (χ0) is 20.2. The summed E-state index contributed by atoms with van der Waals surface area (Å²) in [5, 5.41) is 4.20. The molecule has 4 rings (SSSR count). The maximum absolute atomic E-state index is 12.5. The van der Waals surface area contributed by atoms with Gasteiger partial charge in [0, 0.05) is 72.7 Å². The molecule has 3 aromatic rings. The lowest BCUT2D eigenvalue weighted by Gasteiger charge is -2.34. The summed E-state index contributed by atoms with van der Waals surface area (Å²) in [6.07, 6.45) is 3.55. The summed E-state index contributed by atoms with van der Waals surface area (Å²) < 4.78 is 3.12. The minimum absolute atomic E-state index is 0.0395. The van der Waals surface area contributed by atoms with Gasteiger partial charge in [-0.3, -0.25) is 9.69 Å². The molecule has 1 fully saturated rings. The molecule has 0 saturated carbocycles. The van der Waals surface area contributed by atoms with E-state index >= 15 is 0 Å². The van der Waals surface area contributed by atoms with Gasteiger partial charge in [-0.25, -0.2) is 9.97 Å². The summed E-state index contributed by atoms with van der Waals surface area (Å²) >= 11 is 3.65. The molecular weight excluding hydrogens is 432 g/mol. The van der Waals surface area contributed by atoms with E-state index < -0.39 is 0 Å². The van der Waals surface area contributed by atoms with Crippen LogP contribution in [0.4, 0.5) is 5.95 Å². The Kier molecular flexibility index (Phi) is 6.10. The lowest BCUT2D eigenvalue weighted by Crippen LogP contribution is -2.49. The Morgan fingerprint density at radius 3 is 2.59 bits per heavy atom. The summed E-state index contributed by atoms with van der Waals surface area (Å²) in [6.45, 7) is 7.57. The first kappa shape index (κ1) is 19.8. The first-order valence-electron chi connectivity index (χ1n) is 9.88. The van der Waals surface area contributed by atoms with Crippen LogP contribution < -0.4 is 10.2 Å². The van der Waals surface area contributed by atoms with Crippen molar-refractivity contribution in [2.45, 2.75) is 13.5 Å². The number of para-hydroxylation sites is 1. The highest BCUT2D eigenvalue weighted by Crippen LogP contribution is 2.30. The fourth-order valence-corrected chi connectivity index (χ4v) is 4.32. The standard InChI is InChI=1S/C21H25BrN6O/c1-16-20(22)17-5-2-3-6-18(17)28(16)15-19(29)23-9-10-26-11-13-27(14-12-26)21-24-7-4-8-25-21/h2-8H,9-15H2,1H3,(H,23,29). The zero-order valence-corrected chi connectivity index (χ0v) is 18.1. The normalized spacial score (nSPS) is 15.0. The minimum atomic E-state index is 0.0395. The molecule has 29 heavy (non-hydrogen) atoms. The number of nitrogens with zero attached hydrogens (tertiary/aromatic N) is 5. The largest absolute Gasteiger partial charge is 0.353 e. The highest BCUT2D eigenvalue weighted by molar-refractivity contribution is 9.10. The molecule has 0 radical (unpaired) electrons. The summed E-state index contributed by atoms with van der Waals surface area (Å²) in [6, 6.07) is 9.97. The molecule has 0 unspecified atom stereocenters. The van der Waals surface area contributed by atoms with Gasteiger partial charge < -0.3 is 14.8 Å². The van der Waals surface area contributed by atoms with Crippen molar-refractivity contribution in [2.24, 2.45) is 0 Å². The molecule has 3 heterocycles. The van der Waals surface area contributed by atoms with Crippen LogP contribution in [-0.2, 0) is 11.3 Å². The molecule has 2 aromatic heterocycles. The van der Waals surface area contributed by atoms with E-state index in [2.05, 4.69) is 57.7 Å². The molecular formula is C21H25BrN6O. The molecule has 1 amide bonds. The van der Waals surface area contributed by atoms with Gasteiger partial charge in [-0.2, -0.15) is 0 Å². The number of anilines is 1. The van der Waals surface area contributed by atoms with Gasteiger partial charge in [0.25, 0.3) is 0 Å². The topological polar surface area (TPSA) is 66.3 Å². The highest BCUT2D eigenvalue weighted by atomic mass is 79.9. The van der Waals surface area contributed by atoms with E-state index in [0.29, 0.717) is 13.1 Å². The predicted octanol–water partition coefficient (Wildman–Crippen LogP) is 2.44. The number of hydrogen-bond acceptors (Lipinski definition) is 5. The van der Waals surface area contributed by atoms with Crippen molar-refractivity contribution in [2.75, 3.05) is 44.2 Å². The zero-order valence-electron chi connectivity index (χ0n) is 16.5. The molecule has 7 nitrogen and oxygen atoms in total. The number of carbonyl (C=O) groups excluding carboxylic acids is 1. The number of amides is 1. The van der Waals surface area contributed by atoms with Gasteiger partial charge in [0.05, 0.1) is 0 Å². The van der Waals surface area contributed by atoms with Crippen molar-refractivity contribution in [3.8, 4) is 0 Å². The molecule has 1 N–H and O–H groups in total. The Hall–Kier alpha value is -2.45. The van der Waals surface area contributed by atoms with Crippen LogP contribution >= 0.6 is 15.9 Å². The van der Waals surface area contributed by atoms with E-state index in [1.807, 2.05) is 25.1 Å². The third kappa shape index (κ3) is 4.43. The summed E-state index contributed by atoms with van der Waals surface area (Å²) in [7, 11) is 0. The van der Waals surface area contributed by atoms with Crippen molar-refractivity contribution in [3.05, 3.63) is 52.9 Å². The Labute approximate surface area is 178 Å². The maximum Gasteiger partial charge on any atom is 0.239 e. The summed E-state index contributed by atoms with van der Waals surface area (Å²) in [5.74, 6) is 0.832. The second-order valence-electron chi connectivity index (χ2n) is 7.23. The van der Waals surface area contributed by atoms with E-state index in [1.54, 1.807) is 12.4 Å². The first-order valence-corrected chi connectivity index (χ1v) is 10.7. The molecule has 1 aromatic carbocycles. The Balaban J connectivity index is 1.25. The number of carbonyl (C=O) groups is 1. The fraction of sp³-hybridized carbons (Fsp3) is 0.381. The fourth-order valence-electron chi connectivity index (χ4n) is 3.77. The van der Waals surface area contributed by atoms with Crippen molar-refractivity contribution in [1.82, 2.24) is 24.8 Å². The van der Waals surface area contributed by atoms with E-state index in [9.17, 15) is 4.79 Å². The number of fused-ring (bicyclic) bond motifs is 1. The van der Waals surface area contributed by atoms with Crippen LogP contribution in [0.2, 0.25) is 0 Å². The first-order chi connectivity index (χ1) is 14.1. The second-order valence-corrected chi connectivity index (χ2v) is 8.02. The van der Waals surface area contributed by atoms with Gasteiger partial charge in [0.15, 0.2) is 0 Å². The highest BCUT2D eigenvalue weighted by Gasteiger charge is 2.19. The lowest BCUT2D eigenvalue weighted by atomic mass is 10.2. The van der Waals surface area contributed by atoms with Crippen LogP contribution in [0.15, 0.2) is 47.2 Å². The predicted molar refractivity (Wildman–Crippen MR) is 118 cm³/mol. The van der Waals surface area contributed by atoms with Crippen molar-refractivity contribution >= 4 is 38.7 Å². The minimum Gasteiger partial charge on any atom is -0.353 e. The summed E-state index contributed by atoms with van der Waals surface area (Å²) in [4.78, 5) is 25.7. The average molecular weight is 457 g/mol. The van der Waals surface area contributed by atoms with Crippen LogP contribution in [0.3, 0.4) is 0 Å². The van der Waals surface area contributed by atoms with Gasteiger partial charge in [0.2, 0.25) is 11.9 Å². The van der Waals surface area contributed by atoms with Gasteiger partial charge in [-0.05, 0) is 35.0 Å². The van der Waals surface area contributed by atoms with Crippen LogP contribution in [-0.4, -0.2) is 64.6 Å². The van der Waals surface area contributed by atoms with E-state index in [1.165, 1.54) is 0 Å². The monoisotopic (exact) mass is 456 g/mol. The molecule has 1 aliphatic heterocycles. The van der Waals surface area contributed by atoms with Crippen LogP contribution in [0, 0.1) is 6.92 Å². The van der Waals surface area contributed by atoms with Crippen LogP contribution in [0.5, 0.6) is 0 Å². The molecule has 0 aliphatic carbocycles. The van der Waals surface area contributed by atoms with Crippen LogP contribution in [0.1, 0.15) is 5.69 Å². The average Bonchev–Trinajstić information content (AvgIpc) is 3.00. The number of piperazine rings is 1. The molecule has 0 bridgehead atoms. The molecule has 1 saturated heterocycles. The van der Waals surface area contributed by atoms with E-state index in [-0.39, 0.29) is 5.91 Å². The lowest BCUT2D eigenvalue weighted by molar-refractivity contribution is -0.121. The van der Waals surface area contributed by atoms with Gasteiger partial charge >= 0.3 is 0 Å². The van der Waals surface area contributed by atoms with E-state index in [0.717, 1.165) is 59.7 Å². The molecule has 0 spiro atoms. The maximum atomic E-state index is 12.5. The van der Waals surface area contributed by atoms with Gasteiger partial charge in [-0.1, -0.05) is 18.2 Å². The number of rotatable bonds is 6. The third-order valence-corrected chi connectivity index (χ3v) is 6.41. The Morgan fingerprint density at radius 2 is 1.83 bits per heavy atom. The number of halogens is 1. The SMILES string of the molecule is Cc1c(Br)c2ccccc2n1CC(=O)NCCN1CCN(c2ncccn2)CC1. The Bertz CT molecular complexity index is 982. The molecule has 1 aliphatic rings. The number of nitrogens with one attached hydrogen (secondary N) is 1. The molecule has 8 heteroatoms. The second kappa shape index (κ2) is 8.92. The number of benzene rings is 1. The Morgan fingerprint density at radius 1 is 1.10 bits per heavy atom. The molecule has 152 valence electrons. The van der Waals surface area contributed by atoms with Crippen molar-refractivity contribution < 1.29 is 4.79 Å². The molecule has 0 atom stereocenters.